The Labute approximate surface area is 152 Å². The number of hydrazone groups is 1. The zero-order valence-corrected chi connectivity index (χ0v) is 15.8. The van der Waals surface area contributed by atoms with Gasteiger partial charge in [0, 0.05) is 5.38 Å². The van der Waals surface area contributed by atoms with Crippen LogP contribution in [-0.2, 0) is 6.61 Å². The van der Waals surface area contributed by atoms with Gasteiger partial charge in [-0.05, 0) is 30.7 Å². The predicted octanol–water partition coefficient (Wildman–Crippen LogP) is 1.20. The molecule has 0 spiro atoms. The Bertz CT molecular complexity index is 724. The van der Waals surface area contributed by atoms with Gasteiger partial charge in [0.15, 0.2) is 11.5 Å². The number of nitrogens with one attached hydrogen (secondary N) is 1. The lowest BCUT2D eigenvalue weighted by Crippen LogP contribution is -3.11. The van der Waals surface area contributed by atoms with Gasteiger partial charge in [0.25, 0.3) is 0 Å². The monoisotopic (exact) mass is 361 g/mol. The molecule has 1 aliphatic rings. The zero-order valence-electron chi connectivity index (χ0n) is 15.0. The molecule has 2 aromatic rings. The molecule has 0 aliphatic carbocycles. The number of benzene rings is 1. The minimum Gasteiger partial charge on any atom is -0.493 e. The standard InChI is InChI=1S/C18H24N4O2S/c1-14-20-16(13-25-14)12-24-17-5-4-15(10-18(17)23-3)11-19-22-8-6-21(2)7-9-22/h4-5,10-11,13H,6-9,12H2,1-3H3/p+1/b19-11-. The number of methoxy groups -OCH3 is 1. The summed E-state index contributed by atoms with van der Waals surface area (Å²) in [4.78, 5) is 5.97. The molecule has 3 rings (SSSR count). The Morgan fingerprint density at radius 1 is 1.32 bits per heavy atom. The van der Waals surface area contributed by atoms with Crippen molar-refractivity contribution in [2.24, 2.45) is 5.10 Å². The molecule has 0 unspecified atom stereocenters. The Morgan fingerprint density at radius 2 is 2.12 bits per heavy atom. The van der Waals surface area contributed by atoms with Crippen molar-refractivity contribution in [1.29, 1.82) is 0 Å². The summed E-state index contributed by atoms with van der Waals surface area (Å²) < 4.78 is 11.3. The lowest BCUT2D eigenvalue weighted by Gasteiger charge is -2.27. The Balaban J connectivity index is 1.62. The van der Waals surface area contributed by atoms with Gasteiger partial charge in [0.05, 0.1) is 57.3 Å². The first kappa shape index (κ1) is 17.7. The van der Waals surface area contributed by atoms with E-state index in [0.29, 0.717) is 18.1 Å². The number of quaternary nitrogens is 1. The molecule has 1 N–H and O–H groups in total. The van der Waals surface area contributed by atoms with Gasteiger partial charge < -0.3 is 14.4 Å². The number of thiazole rings is 1. The van der Waals surface area contributed by atoms with Gasteiger partial charge in [-0.25, -0.2) is 4.98 Å². The van der Waals surface area contributed by atoms with Crippen molar-refractivity contribution in [3.8, 4) is 11.5 Å². The Hall–Kier alpha value is -2.12. The fourth-order valence-electron chi connectivity index (χ4n) is 2.65. The molecule has 1 saturated heterocycles. The van der Waals surface area contributed by atoms with E-state index in [9.17, 15) is 0 Å². The van der Waals surface area contributed by atoms with Crippen LogP contribution in [0.4, 0.5) is 0 Å². The highest BCUT2D eigenvalue weighted by Crippen LogP contribution is 2.28. The molecule has 0 amide bonds. The molecule has 1 aromatic carbocycles. The van der Waals surface area contributed by atoms with Crippen LogP contribution in [0.25, 0.3) is 0 Å². The molecule has 25 heavy (non-hydrogen) atoms. The van der Waals surface area contributed by atoms with Crippen molar-refractivity contribution in [2.75, 3.05) is 40.3 Å². The minimum atomic E-state index is 0.442. The summed E-state index contributed by atoms with van der Waals surface area (Å²) >= 11 is 1.63. The number of aromatic nitrogens is 1. The molecule has 0 radical (unpaired) electrons. The van der Waals surface area contributed by atoms with Gasteiger partial charge in [-0.1, -0.05) is 0 Å². The SMILES string of the molecule is COc1cc(/C=N\N2CC[NH+](C)CC2)ccc1OCc1csc(C)n1. The zero-order chi connectivity index (χ0) is 17.6. The second-order valence-electron chi connectivity index (χ2n) is 6.21. The van der Waals surface area contributed by atoms with E-state index in [2.05, 4.69) is 22.1 Å². The quantitative estimate of drug-likeness (QED) is 0.786. The summed E-state index contributed by atoms with van der Waals surface area (Å²) in [6, 6.07) is 5.87. The number of likely N-dealkylation sites (N-methyl/N-ethyl adjacent to an activating group) is 1. The first-order chi connectivity index (χ1) is 12.1. The molecule has 1 aliphatic heterocycles. The lowest BCUT2D eigenvalue weighted by molar-refractivity contribution is -0.884. The topological polar surface area (TPSA) is 51.4 Å². The van der Waals surface area contributed by atoms with Crippen molar-refractivity contribution in [3.63, 3.8) is 0 Å². The molecule has 0 bridgehead atoms. The van der Waals surface area contributed by atoms with Crippen LogP contribution in [0.1, 0.15) is 16.3 Å². The molecule has 0 saturated carbocycles. The number of ether oxygens (including phenoxy) is 2. The van der Waals surface area contributed by atoms with E-state index >= 15 is 0 Å². The highest BCUT2D eigenvalue weighted by atomic mass is 32.1. The van der Waals surface area contributed by atoms with Crippen LogP contribution in [0.3, 0.4) is 0 Å². The molecular weight excluding hydrogens is 336 g/mol. The number of rotatable bonds is 6. The molecule has 1 aromatic heterocycles. The van der Waals surface area contributed by atoms with E-state index < -0.39 is 0 Å². The highest BCUT2D eigenvalue weighted by molar-refractivity contribution is 7.09. The van der Waals surface area contributed by atoms with Crippen LogP contribution in [0.15, 0.2) is 28.7 Å². The fraction of sp³-hybridized carbons (Fsp3) is 0.444. The van der Waals surface area contributed by atoms with Crippen molar-refractivity contribution >= 4 is 17.6 Å². The first-order valence-corrected chi connectivity index (χ1v) is 9.34. The van der Waals surface area contributed by atoms with Crippen LogP contribution in [-0.4, -0.2) is 56.5 Å². The van der Waals surface area contributed by atoms with Crippen molar-refractivity contribution < 1.29 is 14.4 Å². The van der Waals surface area contributed by atoms with Gasteiger partial charge in [-0.3, -0.25) is 5.01 Å². The summed E-state index contributed by atoms with van der Waals surface area (Å²) in [6.07, 6.45) is 1.89. The Morgan fingerprint density at radius 3 is 2.80 bits per heavy atom. The van der Waals surface area contributed by atoms with Crippen LogP contribution in [0, 0.1) is 6.92 Å². The maximum atomic E-state index is 5.85. The van der Waals surface area contributed by atoms with Crippen LogP contribution < -0.4 is 14.4 Å². The van der Waals surface area contributed by atoms with E-state index in [4.69, 9.17) is 9.47 Å². The van der Waals surface area contributed by atoms with E-state index in [-0.39, 0.29) is 0 Å². The summed E-state index contributed by atoms with van der Waals surface area (Å²) in [5.41, 5.74) is 1.94. The third-order valence-corrected chi connectivity index (χ3v) is 5.02. The fourth-order valence-corrected chi connectivity index (χ4v) is 3.25. The lowest BCUT2D eigenvalue weighted by atomic mass is 10.2. The van der Waals surface area contributed by atoms with Gasteiger partial charge in [-0.2, -0.15) is 5.10 Å². The summed E-state index contributed by atoms with van der Waals surface area (Å²) in [5, 5.41) is 9.76. The van der Waals surface area contributed by atoms with Crippen LogP contribution >= 0.6 is 11.3 Å². The number of nitrogens with zero attached hydrogens (tertiary/aromatic N) is 3. The molecule has 6 nitrogen and oxygen atoms in total. The second kappa shape index (κ2) is 8.31. The number of piperazine rings is 1. The number of hydrogen-bond donors (Lipinski definition) is 1. The highest BCUT2D eigenvalue weighted by Gasteiger charge is 2.14. The normalized spacial score (nSPS) is 15.7. The second-order valence-corrected chi connectivity index (χ2v) is 7.27. The van der Waals surface area contributed by atoms with Gasteiger partial charge in [-0.15, -0.1) is 11.3 Å². The van der Waals surface area contributed by atoms with E-state index in [0.717, 1.165) is 42.4 Å². The molecular formula is C18H25N4O2S+. The smallest absolute Gasteiger partial charge is 0.161 e. The van der Waals surface area contributed by atoms with Gasteiger partial charge >= 0.3 is 0 Å². The van der Waals surface area contributed by atoms with E-state index in [1.807, 2.05) is 36.7 Å². The maximum Gasteiger partial charge on any atom is 0.161 e. The van der Waals surface area contributed by atoms with Gasteiger partial charge in [0.2, 0.25) is 0 Å². The van der Waals surface area contributed by atoms with Gasteiger partial charge in [0.1, 0.15) is 6.61 Å². The third-order valence-electron chi connectivity index (χ3n) is 4.19. The maximum absolute atomic E-state index is 5.85. The molecule has 134 valence electrons. The van der Waals surface area contributed by atoms with Crippen molar-refractivity contribution in [2.45, 2.75) is 13.5 Å². The third kappa shape index (κ3) is 4.93. The molecule has 1 fully saturated rings. The van der Waals surface area contributed by atoms with Crippen molar-refractivity contribution in [3.05, 3.63) is 39.8 Å². The largest absolute Gasteiger partial charge is 0.493 e. The predicted molar refractivity (Wildman–Crippen MR) is 100.0 cm³/mol. The first-order valence-electron chi connectivity index (χ1n) is 8.46. The minimum absolute atomic E-state index is 0.442. The number of hydrogen-bond acceptors (Lipinski definition) is 6. The van der Waals surface area contributed by atoms with Crippen LogP contribution in [0.5, 0.6) is 11.5 Å². The average Bonchev–Trinajstić information content (AvgIpc) is 3.05. The molecule has 7 heteroatoms. The molecule has 0 atom stereocenters. The Kier molecular flexibility index (Phi) is 5.88. The van der Waals surface area contributed by atoms with E-state index in [1.54, 1.807) is 23.3 Å². The van der Waals surface area contributed by atoms with Crippen LogP contribution in [0.2, 0.25) is 0 Å². The molecule has 2 heterocycles. The van der Waals surface area contributed by atoms with Crippen molar-refractivity contribution in [1.82, 2.24) is 9.99 Å². The number of aryl methyl sites for hydroxylation is 1. The summed E-state index contributed by atoms with van der Waals surface area (Å²) in [7, 11) is 3.87. The average molecular weight is 361 g/mol. The summed E-state index contributed by atoms with van der Waals surface area (Å²) in [6.45, 7) is 6.68. The summed E-state index contributed by atoms with van der Waals surface area (Å²) in [5.74, 6) is 1.42. The van der Waals surface area contributed by atoms with E-state index in [1.165, 1.54) is 0 Å².